The molecule has 0 radical (unpaired) electrons. The summed E-state index contributed by atoms with van der Waals surface area (Å²) in [4.78, 5) is 11.4. The van der Waals surface area contributed by atoms with E-state index >= 15 is 0 Å². The van der Waals surface area contributed by atoms with E-state index in [0.29, 0.717) is 11.3 Å². The number of esters is 1. The molecule has 2 rings (SSSR count). The number of rotatable bonds is 4. The fourth-order valence-electron chi connectivity index (χ4n) is 1.63. The number of benzene rings is 1. The average Bonchev–Trinajstić information content (AvgIpc) is 2.94. The Balaban J connectivity index is 2.07. The van der Waals surface area contributed by atoms with Crippen LogP contribution in [0, 0.1) is 0 Å². The third-order valence-electron chi connectivity index (χ3n) is 2.69. The summed E-state index contributed by atoms with van der Waals surface area (Å²) in [5.74, 6) is -0.302. The molecule has 1 aromatic carbocycles. The molecule has 22 heavy (non-hydrogen) atoms. The molecule has 0 spiro atoms. The number of carbonyl (C=O) groups is 1. The Bertz CT molecular complexity index is 672. The van der Waals surface area contributed by atoms with Crippen LogP contribution in [0.4, 0.5) is 13.2 Å². The van der Waals surface area contributed by atoms with Crippen LogP contribution >= 0.6 is 0 Å². The lowest BCUT2D eigenvalue weighted by Gasteiger charge is -2.05. The summed E-state index contributed by atoms with van der Waals surface area (Å²) >= 11 is 0. The van der Waals surface area contributed by atoms with Gasteiger partial charge in [0.15, 0.2) is 11.5 Å². The van der Waals surface area contributed by atoms with E-state index < -0.39 is 17.7 Å². The highest BCUT2D eigenvalue weighted by Crippen LogP contribution is 2.29. The fourth-order valence-corrected chi connectivity index (χ4v) is 1.63. The third kappa shape index (κ3) is 3.97. The van der Waals surface area contributed by atoms with Crippen LogP contribution in [0.3, 0.4) is 0 Å². The minimum absolute atomic E-state index is 0.0360. The van der Waals surface area contributed by atoms with Crippen LogP contribution in [-0.4, -0.2) is 17.7 Å². The molecule has 1 heterocycles. The quantitative estimate of drug-likeness (QED) is 0.800. The Labute approximate surface area is 124 Å². The highest BCUT2D eigenvalue weighted by atomic mass is 19.4. The van der Waals surface area contributed by atoms with Crippen LogP contribution in [0.15, 0.2) is 34.9 Å². The molecule has 0 saturated heterocycles. The van der Waals surface area contributed by atoms with E-state index in [4.69, 9.17) is 9.26 Å². The van der Waals surface area contributed by atoms with Gasteiger partial charge in [0.1, 0.15) is 0 Å². The van der Waals surface area contributed by atoms with Crippen molar-refractivity contribution in [2.75, 3.05) is 6.61 Å². The van der Waals surface area contributed by atoms with E-state index in [1.165, 1.54) is 24.3 Å². The highest BCUT2D eigenvalue weighted by Gasteiger charge is 2.29. The van der Waals surface area contributed by atoms with Crippen molar-refractivity contribution in [2.45, 2.75) is 13.1 Å². The predicted molar refractivity (Wildman–Crippen MR) is 72.8 cm³/mol. The van der Waals surface area contributed by atoms with Crippen molar-refractivity contribution < 1.29 is 27.2 Å². The molecule has 0 fully saturated rings. The maximum absolute atomic E-state index is 12.4. The Hall–Kier alpha value is -2.57. The molecule has 2 aromatic rings. The first-order valence-electron chi connectivity index (χ1n) is 6.39. The second kappa shape index (κ2) is 6.46. The lowest BCUT2D eigenvalue weighted by atomic mass is 10.1. The van der Waals surface area contributed by atoms with Gasteiger partial charge >= 0.3 is 12.1 Å². The maximum Gasteiger partial charge on any atom is 0.416 e. The molecule has 0 bridgehead atoms. The zero-order chi connectivity index (χ0) is 16.2. The van der Waals surface area contributed by atoms with Gasteiger partial charge in [0.05, 0.1) is 12.2 Å². The molecule has 0 N–H and O–H groups in total. The van der Waals surface area contributed by atoms with Crippen LogP contribution in [0.2, 0.25) is 0 Å². The second-order valence-electron chi connectivity index (χ2n) is 4.29. The van der Waals surface area contributed by atoms with Crippen molar-refractivity contribution in [3.63, 3.8) is 0 Å². The van der Waals surface area contributed by atoms with Crippen LogP contribution in [0.5, 0.6) is 0 Å². The summed E-state index contributed by atoms with van der Waals surface area (Å²) in [5, 5.41) is 3.54. The van der Waals surface area contributed by atoms with Gasteiger partial charge in [-0.05, 0) is 30.7 Å². The molecule has 7 heteroatoms. The van der Waals surface area contributed by atoms with E-state index in [1.54, 1.807) is 13.0 Å². The van der Waals surface area contributed by atoms with Gasteiger partial charge in [0.2, 0.25) is 0 Å². The number of hydrogen-bond acceptors (Lipinski definition) is 4. The summed E-state index contributed by atoms with van der Waals surface area (Å²) < 4.78 is 47.0. The predicted octanol–water partition coefficient (Wildman–Crippen LogP) is 4.04. The van der Waals surface area contributed by atoms with E-state index in [2.05, 4.69) is 5.16 Å². The van der Waals surface area contributed by atoms with E-state index in [9.17, 15) is 18.0 Å². The van der Waals surface area contributed by atoms with E-state index in [1.807, 2.05) is 0 Å². The summed E-state index contributed by atoms with van der Waals surface area (Å²) in [7, 11) is 0. The van der Waals surface area contributed by atoms with Crippen molar-refractivity contribution in [2.24, 2.45) is 0 Å². The van der Waals surface area contributed by atoms with Gasteiger partial charge in [0, 0.05) is 6.07 Å². The Kier molecular flexibility index (Phi) is 4.65. The first-order chi connectivity index (χ1) is 10.4. The molecule has 0 aliphatic carbocycles. The Morgan fingerprint density at radius 1 is 1.27 bits per heavy atom. The number of nitrogens with zero attached hydrogens (tertiary/aromatic N) is 1. The van der Waals surface area contributed by atoms with Crippen LogP contribution in [-0.2, 0) is 10.9 Å². The van der Waals surface area contributed by atoms with Crippen molar-refractivity contribution in [3.05, 3.63) is 52.9 Å². The average molecular weight is 311 g/mol. The number of ether oxygens (including phenoxy) is 1. The number of halogens is 3. The van der Waals surface area contributed by atoms with Crippen molar-refractivity contribution in [3.8, 4) is 0 Å². The zero-order valence-corrected chi connectivity index (χ0v) is 11.6. The third-order valence-corrected chi connectivity index (χ3v) is 2.69. The van der Waals surface area contributed by atoms with E-state index in [-0.39, 0.29) is 12.3 Å². The van der Waals surface area contributed by atoms with Crippen molar-refractivity contribution >= 4 is 18.1 Å². The van der Waals surface area contributed by atoms with Crippen LogP contribution in [0.25, 0.3) is 12.2 Å². The largest absolute Gasteiger partial charge is 0.461 e. The number of hydrogen-bond donors (Lipinski definition) is 0. The topological polar surface area (TPSA) is 52.3 Å². The smallest absolute Gasteiger partial charge is 0.416 e. The Morgan fingerprint density at radius 3 is 2.55 bits per heavy atom. The van der Waals surface area contributed by atoms with Crippen LogP contribution < -0.4 is 0 Å². The van der Waals surface area contributed by atoms with Crippen molar-refractivity contribution in [1.29, 1.82) is 0 Å². The number of aromatic nitrogens is 1. The first kappa shape index (κ1) is 15.8. The van der Waals surface area contributed by atoms with Crippen LogP contribution in [0.1, 0.15) is 34.3 Å². The van der Waals surface area contributed by atoms with Gasteiger partial charge in [-0.2, -0.15) is 13.2 Å². The molecule has 0 aliphatic rings. The summed E-state index contributed by atoms with van der Waals surface area (Å²) in [6, 6.07) is 6.04. The van der Waals surface area contributed by atoms with Gasteiger partial charge in [-0.25, -0.2) is 4.79 Å². The SMILES string of the molecule is CCOC(=O)c1cc(/C=C/c2ccc(C(F)(F)F)cc2)on1. The molecular weight excluding hydrogens is 299 g/mol. The van der Waals surface area contributed by atoms with Crippen molar-refractivity contribution in [1.82, 2.24) is 5.16 Å². The molecule has 0 aliphatic heterocycles. The first-order valence-corrected chi connectivity index (χ1v) is 6.39. The second-order valence-corrected chi connectivity index (χ2v) is 4.29. The van der Waals surface area contributed by atoms with Gasteiger partial charge in [0.25, 0.3) is 0 Å². The van der Waals surface area contributed by atoms with Gasteiger partial charge in [-0.1, -0.05) is 23.4 Å². The van der Waals surface area contributed by atoms with Gasteiger partial charge in [-0.3, -0.25) is 0 Å². The molecule has 0 atom stereocenters. The number of carbonyl (C=O) groups excluding carboxylic acids is 1. The number of alkyl halides is 3. The molecule has 0 amide bonds. The zero-order valence-electron chi connectivity index (χ0n) is 11.6. The van der Waals surface area contributed by atoms with Gasteiger partial charge in [-0.15, -0.1) is 0 Å². The minimum Gasteiger partial charge on any atom is -0.461 e. The Morgan fingerprint density at radius 2 is 1.95 bits per heavy atom. The molecule has 4 nitrogen and oxygen atoms in total. The van der Waals surface area contributed by atoms with Gasteiger partial charge < -0.3 is 9.26 Å². The fraction of sp³-hybridized carbons (Fsp3) is 0.200. The standard InChI is InChI=1S/C15H12F3NO3/c1-2-21-14(20)13-9-12(22-19-13)8-5-10-3-6-11(7-4-10)15(16,17)18/h3-9H,2H2,1H3/b8-5+. The molecule has 0 saturated carbocycles. The molecule has 0 unspecified atom stereocenters. The monoisotopic (exact) mass is 311 g/mol. The summed E-state index contributed by atoms with van der Waals surface area (Å²) in [5.41, 5.74) is -0.120. The molecule has 116 valence electrons. The lowest BCUT2D eigenvalue weighted by Crippen LogP contribution is -2.04. The maximum atomic E-state index is 12.4. The minimum atomic E-state index is -4.36. The molecular formula is C15H12F3NO3. The molecule has 1 aromatic heterocycles. The normalized spacial score (nSPS) is 11.8. The summed E-state index contributed by atoms with van der Waals surface area (Å²) in [6.45, 7) is 1.89. The lowest BCUT2D eigenvalue weighted by molar-refractivity contribution is -0.137. The summed E-state index contributed by atoms with van der Waals surface area (Å²) in [6.07, 6.45) is -1.31. The highest BCUT2D eigenvalue weighted by molar-refractivity contribution is 5.87. The van der Waals surface area contributed by atoms with E-state index in [0.717, 1.165) is 12.1 Å².